The van der Waals surface area contributed by atoms with Crippen LogP contribution in [0.25, 0.3) is 0 Å². The van der Waals surface area contributed by atoms with Crippen molar-refractivity contribution in [1.82, 2.24) is 0 Å². The summed E-state index contributed by atoms with van der Waals surface area (Å²) in [5.74, 6) is -1.47. The zero-order valence-electron chi connectivity index (χ0n) is 8.50. The molecule has 7 heteroatoms. The van der Waals surface area contributed by atoms with Gasteiger partial charge in [-0.3, -0.25) is 0 Å². The van der Waals surface area contributed by atoms with Crippen LogP contribution in [-0.2, 0) is 4.79 Å². The van der Waals surface area contributed by atoms with Crippen molar-refractivity contribution in [3.63, 3.8) is 0 Å². The number of hydrogen-bond acceptors (Lipinski definition) is 6. The topological polar surface area (TPSA) is 98.0 Å². The van der Waals surface area contributed by atoms with Crippen molar-refractivity contribution in [2.24, 2.45) is 0 Å². The number of aliphatic carboxylic acids is 1. The van der Waals surface area contributed by atoms with Crippen LogP contribution in [0, 0.1) is 0 Å². The summed E-state index contributed by atoms with van der Waals surface area (Å²) in [6.45, 7) is 2.09. The quantitative estimate of drug-likeness (QED) is 0.244. The Morgan fingerprint density at radius 2 is 1.73 bits per heavy atom. The van der Waals surface area contributed by atoms with Gasteiger partial charge in [-0.25, -0.2) is 4.79 Å². The van der Waals surface area contributed by atoms with E-state index in [9.17, 15) is 4.79 Å². The van der Waals surface area contributed by atoms with Crippen molar-refractivity contribution >= 4 is 31.2 Å². The van der Waals surface area contributed by atoms with Crippen LogP contribution < -0.4 is 0 Å². The molecule has 4 N–H and O–H groups in total. The average Bonchev–Trinajstić information content (AvgIpc) is 2.03. The van der Waals surface area contributed by atoms with E-state index in [1.807, 2.05) is 0 Å². The molecular weight excluding hydrogens is 240 g/mol. The summed E-state index contributed by atoms with van der Waals surface area (Å²) in [7, 11) is 0. The van der Waals surface area contributed by atoms with E-state index < -0.39 is 16.5 Å². The highest BCUT2D eigenvalue weighted by atomic mass is 32.2. The molecule has 0 atom stereocenters. The second kappa shape index (κ2) is 9.29. The minimum absolute atomic E-state index is 0.522. The van der Waals surface area contributed by atoms with E-state index in [0.29, 0.717) is 6.42 Å². The number of hydrogen-bond donors (Lipinski definition) is 6. The minimum atomic E-state index is -2.19. The van der Waals surface area contributed by atoms with Gasteiger partial charge in [0.2, 0.25) is 0 Å². The van der Waals surface area contributed by atoms with Gasteiger partial charge < -0.3 is 20.4 Å². The van der Waals surface area contributed by atoms with Gasteiger partial charge >= 0.3 is 5.97 Å². The molecule has 0 aliphatic carbocycles. The number of carbonyl (C=O) groups is 1. The van der Waals surface area contributed by atoms with Crippen LogP contribution in [0.3, 0.4) is 0 Å². The van der Waals surface area contributed by atoms with Gasteiger partial charge in [-0.2, -0.15) is 0 Å². The van der Waals surface area contributed by atoms with Crippen molar-refractivity contribution in [3.8, 4) is 0 Å². The van der Waals surface area contributed by atoms with Crippen LogP contribution in [0.2, 0.25) is 0 Å². The predicted octanol–water partition coefficient (Wildman–Crippen LogP) is 0.454. The van der Waals surface area contributed by atoms with E-state index in [0.717, 1.165) is 19.3 Å². The molecule has 0 saturated heterocycles. The summed E-state index contributed by atoms with van der Waals surface area (Å²) in [6.07, 6.45) is 2.58. The van der Waals surface area contributed by atoms with Crippen molar-refractivity contribution < 1.29 is 25.2 Å². The van der Waals surface area contributed by atoms with Crippen LogP contribution in [0.1, 0.15) is 32.6 Å². The highest BCUT2D eigenvalue weighted by molar-refractivity contribution is 8.01. The lowest BCUT2D eigenvalue weighted by molar-refractivity contribution is -0.143. The third-order valence-corrected chi connectivity index (χ3v) is 1.74. The average molecular weight is 258 g/mol. The van der Waals surface area contributed by atoms with E-state index in [2.05, 4.69) is 32.2 Å². The maximum absolute atomic E-state index is 9.62. The van der Waals surface area contributed by atoms with Gasteiger partial charge in [0.05, 0.1) is 0 Å². The molecule has 0 unspecified atom stereocenters. The first-order valence-electron chi connectivity index (χ1n) is 4.48. The molecule has 0 spiro atoms. The number of aliphatic hydroxyl groups excluding tert-OH is 1. The molecule has 0 heterocycles. The van der Waals surface area contributed by atoms with Gasteiger partial charge in [-0.15, -0.1) is 25.3 Å². The Hall–Kier alpha value is 0.0500. The van der Waals surface area contributed by atoms with Crippen LogP contribution in [0.5, 0.6) is 0 Å². The summed E-state index contributed by atoms with van der Waals surface area (Å²) < 4.78 is -2.19. The number of rotatable bonds is 5. The largest absolute Gasteiger partial charge is 0.478 e. The standard InChI is InChI=1S/C6H14O2.C2H4O3S2/c1-2-3-4-5-6(7)8;3-1(4)2(5,6)7/h6-8H,2-5H2,1H3;5-7H,(H,3,4). The van der Waals surface area contributed by atoms with E-state index in [1.54, 1.807) is 0 Å². The molecular formula is C8H18O5S2. The van der Waals surface area contributed by atoms with Gasteiger partial charge in [0.25, 0.3) is 4.27 Å². The van der Waals surface area contributed by atoms with Crippen LogP contribution in [0.15, 0.2) is 0 Å². The molecule has 0 aliphatic heterocycles. The van der Waals surface area contributed by atoms with Gasteiger partial charge in [0, 0.05) is 0 Å². The van der Waals surface area contributed by atoms with Gasteiger partial charge in [-0.05, 0) is 12.8 Å². The van der Waals surface area contributed by atoms with Gasteiger partial charge in [-0.1, -0.05) is 19.8 Å². The third-order valence-electron chi connectivity index (χ3n) is 1.35. The Labute approximate surface area is 99.9 Å². The van der Waals surface area contributed by atoms with Crippen molar-refractivity contribution in [2.75, 3.05) is 0 Å². The maximum Gasteiger partial charge on any atom is 0.357 e. The SMILES string of the molecule is CCCCCC(O)O.O=C(O)C(O)(S)S. The van der Waals surface area contributed by atoms with E-state index in [1.165, 1.54) is 0 Å². The first-order valence-corrected chi connectivity index (χ1v) is 5.37. The molecule has 0 aromatic rings. The predicted molar refractivity (Wildman–Crippen MR) is 62.9 cm³/mol. The Morgan fingerprint density at radius 3 is 1.93 bits per heavy atom. The number of unbranched alkanes of at least 4 members (excludes halogenated alkanes) is 2. The lowest BCUT2D eigenvalue weighted by Crippen LogP contribution is -2.24. The zero-order chi connectivity index (χ0) is 12.5. The molecule has 0 saturated carbocycles. The first-order chi connectivity index (χ1) is 6.71. The van der Waals surface area contributed by atoms with Gasteiger partial charge in [0.15, 0.2) is 6.29 Å². The number of aliphatic hydroxyl groups is 3. The van der Waals surface area contributed by atoms with Crippen molar-refractivity contribution in [1.29, 1.82) is 0 Å². The summed E-state index contributed by atoms with van der Waals surface area (Å²) in [4.78, 5) is 9.62. The summed E-state index contributed by atoms with van der Waals surface area (Å²) in [5, 5.41) is 32.7. The smallest absolute Gasteiger partial charge is 0.357 e. The normalized spacial score (nSPS) is 10.9. The third kappa shape index (κ3) is 16.7. The van der Waals surface area contributed by atoms with E-state index in [-0.39, 0.29) is 0 Å². The second-order valence-corrected chi connectivity index (χ2v) is 4.56. The molecule has 0 aromatic carbocycles. The molecule has 0 rings (SSSR count). The molecule has 0 radical (unpaired) electrons. The fourth-order valence-electron chi connectivity index (χ4n) is 0.577. The molecule has 5 nitrogen and oxygen atoms in total. The minimum Gasteiger partial charge on any atom is -0.478 e. The Kier molecular flexibility index (Phi) is 10.8. The Bertz CT molecular complexity index is 167. The van der Waals surface area contributed by atoms with Crippen LogP contribution >= 0.6 is 25.3 Å². The molecule has 0 fully saturated rings. The van der Waals surface area contributed by atoms with Crippen LogP contribution in [0.4, 0.5) is 0 Å². The summed E-state index contributed by atoms with van der Waals surface area (Å²) in [5.41, 5.74) is 0. The monoisotopic (exact) mass is 258 g/mol. The Morgan fingerprint density at radius 1 is 1.33 bits per heavy atom. The molecule has 92 valence electrons. The number of carboxylic acid groups (broad SMARTS) is 1. The fraction of sp³-hybridized carbons (Fsp3) is 0.875. The molecule has 0 aliphatic rings. The van der Waals surface area contributed by atoms with Gasteiger partial charge in [0.1, 0.15) is 0 Å². The van der Waals surface area contributed by atoms with E-state index in [4.69, 9.17) is 20.4 Å². The molecule has 0 bridgehead atoms. The highest BCUT2D eigenvalue weighted by Crippen LogP contribution is 2.13. The summed E-state index contributed by atoms with van der Waals surface area (Å²) in [6, 6.07) is 0. The van der Waals surface area contributed by atoms with Crippen molar-refractivity contribution in [2.45, 2.75) is 43.2 Å². The summed E-state index contributed by atoms with van der Waals surface area (Å²) >= 11 is 6.34. The van der Waals surface area contributed by atoms with E-state index >= 15 is 0 Å². The fourth-order valence-corrected chi connectivity index (χ4v) is 0.577. The van der Waals surface area contributed by atoms with Crippen molar-refractivity contribution in [3.05, 3.63) is 0 Å². The number of carboxylic acids is 1. The first kappa shape index (κ1) is 17.4. The van der Waals surface area contributed by atoms with Crippen LogP contribution in [-0.4, -0.2) is 37.0 Å². The Balaban J connectivity index is 0. The lowest BCUT2D eigenvalue weighted by atomic mass is 10.2. The highest BCUT2D eigenvalue weighted by Gasteiger charge is 2.24. The molecule has 15 heavy (non-hydrogen) atoms. The lowest BCUT2D eigenvalue weighted by Gasteiger charge is -2.05. The molecule has 0 amide bonds. The zero-order valence-corrected chi connectivity index (χ0v) is 10.3. The second-order valence-electron chi connectivity index (χ2n) is 2.92. The number of thiol groups is 2. The maximum atomic E-state index is 9.62. The molecule has 0 aromatic heterocycles.